The number of rotatable bonds is 4. The number of aryl methyl sites for hydroxylation is 2. The van der Waals surface area contributed by atoms with Crippen molar-refractivity contribution in [3.05, 3.63) is 76.2 Å². The minimum absolute atomic E-state index is 0.0235. The van der Waals surface area contributed by atoms with E-state index in [9.17, 15) is 9.18 Å². The first-order valence-corrected chi connectivity index (χ1v) is 11.5. The highest BCUT2D eigenvalue weighted by Crippen LogP contribution is 2.33. The molecule has 0 radical (unpaired) electrons. The van der Waals surface area contributed by atoms with Gasteiger partial charge in [0, 0.05) is 31.6 Å². The minimum Gasteiger partial charge on any atom is -0.438 e. The van der Waals surface area contributed by atoms with Crippen molar-refractivity contribution in [1.29, 1.82) is 0 Å². The van der Waals surface area contributed by atoms with Crippen molar-refractivity contribution in [3.63, 3.8) is 0 Å². The molecule has 2 aliphatic heterocycles. The van der Waals surface area contributed by atoms with Gasteiger partial charge < -0.3 is 19.3 Å². The van der Waals surface area contributed by atoms with E-state index in [1.54, 1.807) is 19.1 Å². The number of carbonyl (C=O) groups excluding carboxylic acids is 1. The molecule has 3 aromatic rings. The van der Waals surface area contributed by atoms with Crippen molar-refractivity contribution in [2.24, 2.45) is 0 Å². The zero-order chi connectivity index (χ0) is 23.7. The van der Waals surface area contributed by atoms with Gasteiger partial charge in [0.15, 0.2) is 0 Å². The third-order valence-electron chi connectivity index (χ3n) is 6.31. The molecule has 2 aromatic carbocycles. The van der Waals surface area contributed by atoms with E-state index in [2.05, 4.69) is 4.90 Å². The van der Waals surface area contributed by atoms with Crippen LogP contribution in [0.15, 0.2) is 42.5 Å². The van der Waals surface area contributed by atoms with Gasteiger partial charge in [0.05, 0.1) is 31.0 Å². The first-order chi connectivity index (χ1) is 16.5. The van der Waals surface area contributed by atoms with Crippen LogP contribution >= 0.6 is 0 Å². The van der Waals surface area contributed by atoms with Gasteiger partial charge in [-0.2, -0.15) is 4.98 Å². The zero-order valence-electron chi connectivity index (χ0n) is 19.4. The Balaban J connectivity index is 1.50. The van der Waals surface area contributed by atoms with Gasteiger partial charge in [-0.05, 0) is 49.2 Å². The fraction of sp³-hybridized carbons (Fsp3) is 0.346. The Morgan fingerprint density at radius 2 is 1.82 bits per heavy atom. The number of nitrogens with zero attached hydrogens (tertiary/aromatic N) is 4. The number of halogens is 1. The van der Waals surface area contributed by atoms with Crippen LogP contribution in [0.4, 0.5) is 10.3 Å². The molecule has 34 heavy (non-hydrogen) atoms. The van der Waals surface area contributed by atoms with Crippen molar-refractivity contribution < 1.29 is 18.7 Å². The van der Waals surface area contributed by atoms with Crippen molar-refractivity contribution >= 4 is 11.9 Å². The molecule has 2 aliphatic rings. The number of ether oxygens (including phenoxy) is 2. The number of anilines is 1. The standard InChI is InChI=1S/C26H27FN4O3/c1-17-5-3-4-6-20(17)25(32)31-10-9-23-21(16-31)24(34-19-7-8-22(27)18(2)15-19)29-26(28-23)30-11-13-33-14-12-30/h3-8,15H,9-14,16H2,1-2H3. The highest BCUT2D eigenvalue weighted by molar-refractivity contribution is 5.95. The molecule has 0 aliphatic carbocycles. The van der Waals surface area contributed by atoms with E-state index in [1.807, 2.05) is 36.1 Å². The normalized spacial score (nSPS) is 15.7. The van der Waals surface area contributed by atoms with E-state index in [0.717, 1.165) is 16.8 Å². The average Bonchev–Trinajstić information content (AvgIpc) is 2.86. The lowest BCUT2D eigenvalue weighted by Crippen LogP contribution is -2.39. The molecule has 3 heterocycles. The maximum Gasteiger partial charge on any atom is 0.254 e. The van der Waals surface area contributed by atoms with Crippen molar-refractivity contribution in [2.75, 3.05) is 37.7 Å². The highest BCUT2D eigenvalue weighted by Gasteiger charge is 2.29. The van der Waals surface area contributed by atoms with E-state index in [4.69, 9.17) is 19.4 Å². The van der Waals surface area contributed by atoms with Gasteiger partial charge in [-0.25, -0.2) is 9.37 Å². The first-order valence-electron chi connectivity index (χ1n) is 11.5. The van der Waals surface area contributed by atoms with Crippen LogP contribution in [-0.2, 0) is 17.7 Å². The second-order valence-electron chi connectivity index (χ2n) is 8.66. The van der Waals surface area contributed by atoms with Gasteiger partial charge in [0.25, 0.3) is 5.91 Å². The van der Waals surface area contributed by atoms with Crippen LogP contribution in [0.1, 0.15) is 32.7 Å². The molecule has 1 amide bonds. The van der Waals surface area contributed by atoms with Crippen LogP contribution in [0.2, 0.25) is 0 Å². The fourth-order valence-corrected chi connectivity index (χ4v) is 4.31. The maximum absolute atomic E-state index is 13.8. The molecular formula is C26H27FN4O3. The Bertz CT molecular complexity index is 1230. The molecule has 0 unspecified atom stereocenters. The fourth-order valence-electron chi connectivity index (χ4n) is 4.31. The van der Waals surface area contributed by atoms with E-state index < -0.39 is 0 Å². The summed E-state index contributed by atoms with van der Waals surface area (Å²) in [5.74, 6) is 1.18. The van der Waals surface area contributed by atoms with Crippen molar-refractivity contribution in [3.8, 4) is 11.6 Å². The highest BCUT2D eigenvalue weighted by atomic mass is 19.1. The largest absolute Gasteiger partial charge is 0.438 e. The summed E-state index contributed by atoms with van der Waals surface area (Å²) in [5.41, 5.74) is 3.78. The topological polar surface area (TPSA) is 67.8 Å². The van der Waals surface area contributed by atoms with Gasteiger partial charge >= 0.3 is 0 Å². The summed E-state index contributed by atoms with van der Waals surface area (Å²) in [4.78, 5) is 26.8. The minimum atomic E-state index is -0.291. The molecule has 0 spiro atoms. The number of morpholine rings is 1. The monoisotopic (exact) mass is 462 g/mol. The lowest BCUT2D eigenvalue weighted by molar-refractivity contribution is 0.0731. The summed E-state index contributed by atoms with van der Waals surface area (Å²) in [6.07, 6.45) is 0.603. The average molecular weight is 463 g/mol. The molecule has 5 rings (SSSR count). The molecule has 0 atom stereocenters. The smallest absolute Gasteiger partial charge is 0.254 e. The lowest BCUT2D eigenvalue weighted by atomic mass is 10.0. The second-order valence-corrected chi connectivity index (χ2v) is 8.66. The molecule has 1 aromatic heterocycles. The van der Waals surface area contributed by atoms with Crippen molar-refractivity contribution in [2.45, 2.75) is 26.8 Å². The van der Waals surface area contributed by atoms with Crippen LogP contribution in [0.5, 0.6) is 11.6 Å². The van der Waals surface area contributed by atoms with E-state index >= 15 is 0 Å². The molecule has 0 saturated carbocycles. The van der Waals surface area contributed by atoms with Gasteiger partial charge in [-0.15, -0.1) is 0 Å². The third-order valence-corrected chi connectivity index (χ3v) is 6.31. The van der Waals surface area contributed by atoms with E-state index in [0.29, 0.717) is 74.5 Å². The van der Waals surface area contributed by atoms with Crippen LogP contribution in [0.3, 0.4) is 0 Å². The lowest BCUT2D eigenvalue weighted by Gasteiger charge is -2.32. The van der Waals surface area contributed by atoms with Crippen LogP contribution in [-0.4, -0.2) is 53.6 Å². The number of aromatic nitrogens is 2. The Kier molecular flexibility index (Phi) is 6.15. The zero-order valence-corrected chi connectivity index (χ0v) is 19.4. The Hall–Kier alpha value is -3.52. The molecule has 8 heteroatoms. The predicted molar refractivity (Wildman–Crippen MR) is 126 cm³/mol. The third kappa shape index (κ3) is 4.46. The van der Waals surface area contributed by atoms with Gasteiger partial charge in [-0.3, -0.25) is 4.79 Å². The molecule has 0 N–H and O–H groups in total. The Morgan fingerprint density at radius 3 is 2.59 bits per heavy atom. The number of fused-ring (bicyclic) bond motifs is 1. The number of carbonyl (C=O) groups is 1. The summed E-state index contributed by atoms with van der Waals surface area (Å²) in [5, 5.41) is 0. The molecular weight excluding hydrogens is 435 g/mol. The molecule has 1 saturated heterocycles. The summed E-state index contributed by atoms with van der Waals surface area (Å²) in [6, 6.07) is 12.2. The van der Waals surface area contributed by atoms with E-state index in [1.165, 1.54) is 6.07 Å². The summed E-state index contributed by atoms with van der Waals surface area (Å²) in [7, 11) is 0. The quantitative estimate of drug-likeness (QED) is 0.583. The Morgan fingerprint density at radius 1 is 1.03 bits per heavy atom. The van der Waals surface area contributed by atoms with Crippen LogP contribution in [0.25, 0.3) is 0 Å². The van der Waals surface area contributed by atoms with Gasteiger partial charge in [-0.1, -0.05) is 18.2 Å². The summed E-state index contributed by atoms with van der Waals surface area (Å²) in [6.45, 7) is 7.18. The van der Waals surface area contributed by atoms with E-state index in [-0.39, 0.29) is 11.7 Å². The molecule has 0 bridgehead atoms. The molecule has 7 nitrogen and oxygen atoms in total. The number of benzene rings is 2. The first kappa shape index (κ1) is 22.3. The maximum atomic E-state index is 13.8. The summed E-state index contributed by atoms with van der Waals surface area (Å²) < 4.78 is 25.5. The van der Waals surface area contributed by atoms with Crippen LogP contribution < -0.4 is 9.64 Å². The molecule has 176 valence electrons. The number of amides is 1. The van der Waals surface area contributed by atoms with Gasteiger partial charge in [0.2, 0.25) is 11.8 Å². The van der Waals surface area contributed by atoms with Gasteiger partial charge in [0.1, 0.15) is 11.6 Å². The van der Waals surface area contributed by atoms with Crippen LogP contribution in [0, 0.1) is 19.7 Å². The predicted octanol–water partition coefficient (Wildman–Crippen LogP) is 4.06. The summed E-state index contributed by atoms with van der Waals surface area (Å²) >= 11 is 0. The molecule has 1 fully saturated rings. The second kappa shape index (κ2) is 9.38. The van der Waals surface area contributed by atoms with Crippen molar-refractivity contribution in [1.82, 2.24) is 14.9 Å². The SMILES string of the molecule is Cc1cc(Oc2nc(N3CCOCC3)nc3c2CN(C(=O)c2ccccc2C)CC3)ccc1F. The number of hydrogen-bond donors (Lipinski definition) is 0. The number of hydrogen-bond acceptors (Lipinski definition) is 6. The Labute approximate surface area is 198 Å².